The standard InChI is InChI=1S/C4H2IN/c5-4-1-3(4)2-6/h1H2. The van der Waals surface area contributed by atoms with E-state index in [1.165, 1.54) is 3.58 Å². The molecule has 0 aromatic heterocycles. The molecule has 0 saturated heterocycles. The van der Waals surface area contributed by atoms with E-state index in [1.54, 1.807) is 0 Å². The monoisotopic (exact) mass is 191 g/mol. The number of hydrogen-bond acceptors (Lipinski definition) is 1. The molecule has 0 bridgehead atoms. The Balaban J connectivity index is 2.67. The molecule has 0 aromatic carbocycles. The topological polar surface area (TPSA) is 23.8 Å². The van der Waals surface area contributed by atoms with Gasteiger partial charge in [0.1, 0.15) is 0 Å². The van der Waals surface area contributed by atoms with Crippen LogP contribution < -0.4 is 0 Å². The number of allylic oxidation sites excluding steroid dienone is 2. The lowest BCUT2D eigenvalue weighted by Crippen LogP contribution is -1.38. The van der Waals surface area contributed by atoms with E-state index in [4.69, 9.17) is 5.26 Å². The number of hydrogen-bond donors (Lipinski definition) is 0. The van der Waals surface area contributed by atoms with Crippen molar-refractivity contribution < 1.29 is 0 Å². The van der Waals surface area contributed by atoms with Crippen LogP contribution in [0.5, 0.6) is 0 Å². The molecule has 0 saturated carbocycles. The van der Waals surface area contributed by atoms with Crippen molar-refractivity contribution in [3.63, 3.8) is 0 Å². The molecule has 0 aliphatic heterocycles. The van der Waals surface area contributed by atoms with Crippen LogP contribution in [-0.4, -0.2) is 0 Å². The number of nitrogens with zero attached hydrogens (tertiary/aromatic N) is 1. The molecule has 2 heteroatoms. The van der Waals surface area contributed by atoms with Gasteiger partial charge in [-0.15, -0.1) is 0 Å². The van der Waals surface area contributed by atoms with Crippen LogP contribution in [0, 0.1) is 11.3 Å². The van der Waals surface area contributed by atoms with E-state index in [1.807, 2.05) is 0 Å². The largest absolute Gasteiger partial charge is 0.193 e. The Morgan fingerprint density at radius 2 is 2.33 bits per heavy atom. The van der Waals surface area contributed by atoms with Gasteiger partial charge in [-0.2, -0.15) is 5.26 Å². The maximum atomic E-state index is 8.06. The lowest BCUT2D eigenvalue weighted by atomic mass is 10.6. The molecule has 1 aliphatic rings. The second-order valence-electron chi connectivity index (χ2n) is 1.17. The Bertz CT molecular complexity index is 140. The molecule has 1 rings (SSSR count). The molecule has 0 radical (unpaired) electrons. The summed E-state index contributed by atoms with van der Waals surface area (Å²) in [4.78, 5) is 0. The highest BCUT2D eigenvalue weighted by molar-refractivity contribution is 14.1. The van der Waals surface area contributed by atoms with Gasteiger partial charge < -0.3 is 0 Å². The van der Waals surface area contributed by atoms with E-state index in [0.29, 0.717) is 0 Å². The minimum atomic E-state index is 0.955. The summed E-state index contributed by atoms with van der Waals surface area (Å²) >= 11 is 2.17. The van der Waals surface area contributed by atoms with E-state index in [2.05, 4.69) is 28.7 Å². The van der Waals surface area contributed by atoms with Gasteiger partial charge in [0.2, 0.25) is 0 Å². The molecule has 0 heterocycles. The van der Waals surface area contributed by atoms with Crippen LogP contribution in [-0.2, 0) is 0 Å². The first kappa shape index (κ1) is 4.13. The third-order valence-electron chi connectivity index (χ3n) is 0.669. The minimum Gasteiger partial charge on any atom is -0.193 e. The summed E-state index contributed by atoms with van der Waals surface area (Å²) in [5.41, 5.74) is 0.968. The fraction of sp³-hybridized carbons (Fsp3) is 0.250. The maximum Gasteiger partial charge on any atom is 0.0958 e. The maximum absolute atomic E-state index is 8.06. The Kier molecular flexibility index (Phi) is 0.845. The summed E-state index contributed by atoms with van der Waals surface area (Å²) < 4.78 is 1.23. The van der Waals surface area contributed by atoms with Gasteiger partial charge in [0, 0.05) is 15.6 Å². The molecule has 0 unspecified atom stereocenters. The molecule has 1 aliphatic carbocycles. The van der Waals surface area contributed by atoms with Crippen LogP contribution in [0.3, 0.4) is 0 Å². The molecule has 0 atom stereocenters. The summed E-state index contributed by atoms with van der Waals surface area (Å²) in [5, 5.41) is 8.06. The van der Waals surface area contributed by atoms with Gasteiger partial charge in [-0.05, 0) is 22.6 Å². The summed E-state index contributed by atoms with van der Waals surface area (Å²) in [5.74, 6) is 0. The van der Waals surface area contributed by atoms with E-state index in [-0.39, 0.29) is 0 Å². The van der Waals surface area contributed by atoms with Crippen molar-refractivity contribution in [2.75, 3.05) is 0 Å². The van der Waals surface area contributed by atoms with Crippen molar-refractivity contribution in [1.82, 2.24) is 0 Å². The molecule has 0 aromatic rings. The van der Waals surface area contributed by atoms with Crippen molar-refractivity contribution in [2.45, 2.75) is 6.42 Å². The van der Waals surface area contributed by atoms with Crippen molar-refractivity contribution in [2.24, 2.45) is 0 Å². The van der Waals surface area contributed by atoms with Gasteiger partial charge in [0.25, 0.3) is 0 Å². The van der Waals surface area contributed by atoms with Crippen molar-refractivity contribution in [3.8, 4) is 6.07 Å². The normalized spacial score (nSPS) is 17.3. The van der Waals surface area contributed by atoms with Crippen LogP contribution in [0.2, 0.25) is 0 Å². The van der Waals surface area contributed by atoms with Crippen molar-refractivity contribution >= 4 is 22.6 Å². The fourth-order valence-electron chi connectivity index (χ4n) is 0.211. The van der Waals surface area contributed by atoms with Crippen LogP contribution in [0.1, 0.15) is 6.42 Å². The Morgan fingerprint density at radius 3 is 2.33 bits per heavy atom. The summed E-state index contributed by atoms with van der Waals surface area (Å²) in [6.45, 7) is 0. The van der Waals surface area contributed by atoms with Crippen LogP contribution in [0.25, 0.3) is 0 Å². The second kappa shape index (κ2) is 1.23. The summed E-state index contributed by atoms with van der Waals surface area (Å²) in [7, 11) is 0. The Morgan fingerprint density at radius 1 is 1.83 bits per heavy atom. The number of nitriles is 1. The lowest BCUT2D eigenvalue weighted by molar-refractivity contribution is 1.48. The quantitative estimate of drug-likeness (QED) is 0.533. The molecule has 6 heavy (non-hydrogen) atoms. The van der Waals surface area contributed by atoms with Gasteiger partial charge >= 0.3 is 0 Å². The zero-order valence-corrected chi connectivity index (χ0v) is 5.19. The lowest BCUT2D eigenvalue weighted by Gasteiger charge is -1.44. The summed E-state index contributed by atoms with van der Waals surface area (Å²) in [6.07, 6.45) is 0.955. The van der Waals surface area contributed by atoms with E-state index >= 15 is 0 Å². The first-order chi connectivity index (χ1) is 2.84. The SMILES string of the molecule is N#CC1=C(I)C1. The number of rotatable bonds is 0. The van der Waals surface area contributed by atoms with Crippen LogP contribution in [0.4, 0.5) is 0 Å². The average Bonchev–Trinajstić information content (AvgIpc) is 2.19. The fourth-order valence-corrected chi connectivity index (χ4v) is 0.713. The third-order valence-corrected chi connectivity index (χ3v) is 1.70. The van der Waals surface area contributed by atoms with E-state index < -0.39 is 0 Å². The molecular weight excluding hydrogens is 189 g/mol. The van der Waals surface area contributed by atoms with E-state index in [9.17, 15) is 0 Å². The van der Waals surface area contributed by atoms with Gasteiger partial charge in [0.05, 0.1) is 6.07 Å². The highest BCUT2D eigenvalue weighted by Crippen LogP contribution is 2.35. The van der Waals surface area contributed by atoms with Crippen LogP contribution >= 0.6 is 22.6 Å². The molecule has 0 amide bonds. The first-order valence-corrected chi connectivity index (χ1v) is 2.70. The molecule has 0 N–H and O–H groups in total. The molecule has 30 valence electrons. The number of halogens is 1. The second-order valence-corrected chi connectivity index (χ2v) is 2.47. The third kappa shape index (κ3) is 0.548. The van der Waals surface area contributed by atoms with Gasteiger partial charge in [0.15, 0.2) is 0 Å². The van der Waals surface area contributed by atoms with Crippen molar-refractivity contribution in [3.05, 3.63) is 9.15 Å². The van der Waals surface area contributed by atoms with E-state index in [0.717, 1.165) is 12.0 Å². The van der Waals surface area contributed by atoms with Gasteiger partial charge in [-0.3, -0.25) is 0 Å². The van der Waals surface area contributed by atoms with Gasteiger partial charge in [-0.25, -0.2) is 0 Å². The molecule has 1 nitrogen and oxygen atoms in total. The smallest absolute Gasteiger partial charge is 0.0958 e. The minimum absolute atomic E-state index is 0.955. The predicted molar refractivity (Wildman–Crippen MR) is 31.3 cm³/mol. The van der Waals surface area contributed by atoms with Crippen LogP contribution in [0.15, 0.2) is 9.15 Å². The van der Waals surface area contributed by atoms with Gasteiger partial charge in [-0.1, -0.05) is 0 Å². The average molecular weight is 191 g/mol. The zero-order valence-electron chi connectivity index (χ0n) is 3.03. The Hall–Kier alpha value is -0.0400. The highest BCUT2D eigenvalue weighted by atomic mass is 127. The first-order valence-electron chi connectivity index (χ1n) is 1.62. The Labute approximate surface area is 49.8 Å². The zero-order chi connectivity index (χ0) is 4.57. The molecule has 0 fully saturated rings. The molecule has 0 spiro atoms. The highest BCUT2D eigenvalue weighted by Gasteiger charge is 2.16. The summed E-state index contributed by atoms with van der Waals surface area (Å²) in [6, 6.07) is 2.06. The predicted octanol–water partition coefficient (Wildman–Crippen LogP) is 1.60. The molecular formula is C4H2IN. The van der Waals surface area contributed by atoms with Crippen molar-refractivity contribution in [1.29, 1.82) is 5.26 Å².